The topological polar surface area (TPSA) is 77.8 Å². The van der Waals surface area contributed by atoms with Crippen molar-refractivity contribution in [2.45, 2.75) is 37.8 Å². The number of carbonyl (C=O) groups is 2. The third kappa shape index (κ3) is 2.28. The molecule has 0 aromatic carbocycles. The molecule has 2 N–H and O–H groups in total. The number of nitrogens with zero attached hydrogens (tertiary/aromatic N) is 1. The van der Waals surface area contributed by atoms with E-state index in [1.807, 2.05) is 0 Å². The Hall–Kier alpha value is -1.10. The van der Waals surface area contributed by atoms with E-state index in [0.29, 0.717) is 12.5 Å². The van der Waals surface area contributed by atoms with Crippen LogP contribution in [0, 0.1) is 5.92 Å². The third-order valence-corrected chi connectivity index (χ3v) is 3.09. The van der Waals surface area contributed by atoms with Crippen molar-refractivity contribution in [2.24, 2.45) is 5.92 Å². The molecule has 2 atom stereocenters. The molecule has 1 saturated heterocycles. The van der Waals surface area contributed by atoms with Gasteiger partial charge in [-0.25, -0.2) is 0 Å². The molecule has 0 aromatic rings. The van der Waals surface area contributed by atoms with Crippen LogP contribution in [0.3, 0.4) is 0 Å². The molecule has 0 spiro atoms. The number of carboxylic acids is 1. The molecule has 1 heterocycles. The van der Waals surface area contributed by atoms with Crippen LogP contribution < -0.4 is 0 Å². The molecule has 2 fully saturated rings. The number of hydrogen-bond acceptors (Lipinski definition) is 3. The summed E-state index contributed by atoms with van der Waals surface area (Å²) in [5.74, 6) is -0.655. The van der Waals surface area contributed by atoms with E-state index in [4.69, 9.17) is 5.11 Å². The van der Waals surface area contributed by atoms with Crippen LogP contribution in [0.2, 0.25) is 0 Å². The Kier molecular flexibility index (Phi) is 2.65. The first-order valence-electron chi connectivity index (χ1n) is 5.27. The van der Waals surface area contributed by atoms with Crippen molar-refractivity contribution in [3.63, 3.8) is 0 Å². The minimum absolute atomic E-state index is 0.00310. The summed E-state index contributed by atoms with van der Waals surface area (Å²) in [7, 11) is 0. The van der Waals surface area contributed by atoms with E-state index in [9.17, 15) is 14.7 Å². The summed E-state index contributed by atoms with van der Waals surface area (Å²) in [5, 5.41) is 18.1. The number of likely N-dealkylation sites (tertiary alicyclic amines) is 1. The minimum Gasteiger partial charge on any atom is -0.481 e. The second-order valence-corrected chi connectivity index (χ2v) is 4.41. The van der Waals surface area contributed by atoms with Crippen LogP contribution in [0.25, 0.3) is 0 Å². The van der Waals surface area contributed by atoms with Crippen molar-refractivity contribution < 1.29 is 19.8 Å². The molecule has 1 aliphatic carbocycles. The summed E-state index contributed by atoms with van der Waals surface area (Å²) in [6, 6.07) is -0.202. The molecule has 1 amide bonds. The lowest BCUT2D eigenvalue weighted by Gasteiger charge is -2.26. The highest BCUT2D eigenvalue weighted by Gasteiger charge is 2.42. The molecule has 1 saturated carbocycles. The lowest BCUT2D eigenvalue weighted by atomic mass is 10.1. The lowest BCUT2D eigenvalue weighted by molar-refractivity contribution is -0.140. The summed E-state index contributed by atoms with van der Waals surface area (Å²) in [6.07, 6.45) is 1.52. The van der Waals surface area contributed by atoms with Crippen LogP contribution in [-0.2, 0) is 9.59 Å². The summed E-state index contributed by atoms with van der Waals surface area (Å²) < 4.78 is 0. The Morgan fingerprint density at radius 3 is 2.60 bits per heavy atom. The number of aliphatic hydroxyl groups is 1. The Morgan fingerprint density at radius 1 is 1.53 bits per heavy atom. The molecule has 2 rings (SSSR count). The first-order chi connectivity index (χ1) is 7.08. The Bertz CT molecular complexity index is 287. The first-order valence-corrected chi connectivity index (χ1v) is 5.27. The van der Waals surface area contributed by atoms with Gasteiger partial charge in [-0.15, -0.1) is 0 Å². The highest BCUT2D eigenvalue weighted by atomic mass is 16.4. The smallest absolute Gasteiger partial charge is 0.305 e. The molecule has 1 aliphatic heterocycles. The van der Waals surface area contributed by atoms with E-state index in [1.54, 1.807) is 4.90 Å². The fraction of sp³-hybridized carbons (Fsp3) is 0.800. The maximum absolute atomic E-state index is 11.5. The SMILES string of the molecule is O=C(O)CC(C1CC1)N1CC(O)CC1=O. The number of carboxylic acid groups (broad SMARTS) is 1. The monoisotopic (exact) mass is 213 g/mol. The Morgan fingerprint density at radius 2 is 2.20 bits per heavy atom. The highest BCUT2D eigenvalue weighted by Crippen LogP contribution is 2.38. The molecule has 0 radical (unpaired) electrons. The van der Waals surface area contributed by atoms with E-state index >= 15 is 0 Å². The second kappa shape index (κ2) is 3.81. The molecule has 0 bridgehead atoms. The van der Waals surface area contributed by atoms with Gasteiger partial charge in [-0.3, -0.25) is 9.59 Å². The van der Waals surface area contributed by atoms with Gasteiger partial charge in [-0.05, 0) is 18.8 Å². The zero-order valence-corrected chi connectivity index (χ0v) is 8.43. The fourth-order valence-corrected chi connectivity index (χ4v) is 2.22. The normalized spacial score (nSPS) is 28.2. The van der Waals surface area contributed by atoms with Crippen molar-refractivity contribution >= 4 is 11.9 Å². The maximum atomic E-state index is 11.5. The predicted molar refractivity (Wildman–Crippen MR) is 51.1 cm³/mol. The minimum atomic E-state index is -0.874. The molecule has 5 heteroatoms. The number of carbonyl (C=O) groups excluding carboxylic acids is 1. The molecule has 2 unspecified atom stereocenters. The average molecular weight is 213 g/mol. The zero-order valence-electron chi connectivity index (χ0n) is 8.43. The van der Waals surface area contributed by atoms with E-state index in [2.05, 4.69) is 0 Å². The van der Waals surface area contributed by atoms with Gasteiger partial charge in [0.2, 0.25) is 5.91 Å². The van der Waals surface area contributed by atoms with Crippen LogP contribution in [0.15, 0.2) is 0 Å². The van der Waals surface area contributed by atoms with E-state index in [-0.39, 0.29) is 24.8 Å². The molecule has 2 aliphatic rings. The van der Waals surface area contributed by atoms with E-state index < -0.39 is 12.1 Å². The predicted octanol–water partition coefficient (Wildman–Crippen LogP) is -0.167. The van der Waals surface area contributed by atoms with Crippen molar-refractivity contribution in [3.05, 3.63) is 0 Å². The van der Waals surface area contributed by atoms with Crippen molar-refractivity contribution in [3.8, 4) is 0 Å². The molecular weight excluding hydrogens is 198 g/mol. The van der Waals surface area contributed by atoms with Crippen LogP contribution >= 0.6 is 0 Å². The van der Waals surface area contributed by atoms with E-state index in [0.717, 1.165) is 12.8 Å². The molecule has 0 aromatic heterocycles. The van der Waals surface area contributed by atoms with Crippen molar-refractivity contribution in [1.82, 2.24) is 4.90 Å². The number of hydrogen-bond donors (Lipinski definition) is 2. The van der Waals surface area contributed by atoms with Crippen molar-refractivity contribution in [2.75, 3.05) is 6.54 Å². The second-order valence-electron chi connectivity index (χ2n) is 4.41. The number of amides is 1. The number of aliphatic carboxylic acids is 1. The van der Waals surface area contributed by atoms with Crippen LogP contribution in [0.1, 0.15) is 25.7 Å². The van der Waals surface area contributed by atoms with Gasteiger partial charge < -0.3 is 15.1 Å². The first kappa shape index (κ1) is 10.4. The number of rotatable bonds is 4. The largest absolute Gasteiger partial charge is 0.481 e. The third-order valence-electron chi connectivity index (χ3n) is 3.09. The molecule has 15 heavy (non-hydrogen) atoms. The van der Waals surface area contributed by atoms with Gasteiger partial charge in [0.25, 0.3) is 0 Å². The Labute approximate surface area is 87.7 Å². The summed E-state index contributed by atoms with van der Waals surface area (Å²) in [4.78, 5) is 23.8. The van der Waals surface area contributed by atoms with Crippen molar-refractivity contribution in [1.29, 1.82) is 0 Å². The van der Waals surface area contributed by atoms with Gasteiger partial charge in [-0.1, -0.05) is 0 Å². The maximum Gasteiger partial charge on any atom is 0.305 e. The van der Waals surface area contributed by atoms with Gasteiger partial charge in [0.15, 0.2) is 0 Å². The molecule has 5 nitrogen and oxygen atoms in total. The van der Waals surface area contributed by atoms with E-state index in [1.165, 1.54) is 0 Å². The average Bonchev–Trinajstić information content (AvgIpc) is 2.89. The van der Waals surface area contributed by atoms with Crippen LogP contribution in [-0.4, -0.2) is 45.7 Å². The quantitative estimate of drug-likeness (QED) is 0.679. The van der Waals surface area contributed by atoms with Gasteiger partial charge in [-0.2, -0.15) is 0 Å². The van der Waals surface area contributed by atoms with Crippen LogP contribution in [0.5, 0.6) is 0 Å². The number of aliphatic hydroxyl groups excluding tert-OH is 1. The number of β-amino-alcohol motifs (C(OH)–C–C–N with tert-alkyl or cyclic N) is 1. The summed E-state index contributed by atoms with van der Waals surface area (Å²) >= 11 is 0. The Balaban J connectivity index is 2.03. The highest BCUT2D eigenvalue weighted by molar-refractivity contribution is 5.80. The van der Waals surface area contributed by atoms with Gasteiger partial charge in [0.05, 0.1) is 18.9 Å². The fourth-order valence-electron chi connectivity index (χ4n) is 2.22. The molecule has 84 valence electrons. The van der Waals surface area contributed by atoms with Gasteiger partial charge in [0, 0.05) is 12.6 Å². The van der Waals surface area contributed by atoms with Gasteiger partial charge in [0.1, 0.15) is 0 Å². The summed E-state index contributed by atoms with van der Waals surface area (Å²) in [5.41, 5.74) is 0. The summed E-state index contributed by atoms with van der Waals surface area (Å²) in [6.45, 7) is 0.299. The van der Waals surface area contributed by atoms with Gasteiger partial charge >= 0.3 is 5.97 Å². The van der Waals surface area contributed by atoms with Crippen LogP contribution in [0.4, 0.5) is 0 Å². The zero-order chi connectivity index (χ0) is 11.0. The standard InChI is InChI=1S/C10H15NO4/c12-7-3-9(13)11(5-7)8(4-10(14)15)6-1-2-6/h6-8,12H,1-5H2,(H,14,15). The lowest BCUT2D eigenvalue weighted by Crippen LogP contribution is -2.40. The molecular formula is C10H15NO4.